The molecule has 2 heteroatoms. The third kappa shape index (κ3) is 3.83. The Bertz CT molecular complexity index is 246. The fourth-order valence-corrected chi connectivity index (χ4v) is 1.06. The molecule has 0 spiro atoms. The molecule has 0 aliphatic heterocycles. The van der Waals surface area contributed by atoms with Crippen molar-refractivity contribution in [2.24, 2.45) is 0 Å². The highest BCUT2D eigenvalue weighted by atomic mass is 16.5. The minimum Gasteiger partial charge on any atom is -0.508 e. The van der Waals surface area contributed by atoms with E-state index < -0.39 is 0 Å². The number of ether oxygens (including phenoxy) is 1. The smallest absolute Gasteiger partial charge is 0.123 e. The van der Waals surface area contributed by atoms with Gasteiger partial charge in [-0.1, -0.05) is 19.8 Å². The third-order valence-corrected chi connectivity index (χ3v) is 1.76. The molecule has 1 N–H and O–H groups in total. The average Bonchev–Trinajstić information content (AvgIpc) is 2.13. The second-order valence-corrected chi connectivity index (χ2v) is 2.98. The van der Waals surface area contributed by atoms with Crippen LogP contribution >= 0.6 is 0 Å². The summed E-state index contributed by atoms with van der Waals surface area (Å²) in [4.78, 5) is 0. The van der Waals surface area contributed by atoms with Crippen molar-refractivity contribution in [1.29, 1.82) is 0 Å². The van der Waals surface area contributed by atoms with Crippen molar-refractivity contribution in [3.05, 3.63) is 24.3 Å². The van der Waals surface area contributed by atoms with Gasteiger partial charge in [0.2, 0.25) is 0 Å². The summed E-state index contributed by atoms with van der Waals surface area (Å²) in [5, 5.41) is 9.10. The first-order chi connectivity index (χ1) is 6.33. The molecule has 0 bridgehead atoms. The number of aromatic hydroxyl groups is 1. The highest BCUT2D eigenvalue weighted by Crippen LogP contribution is 2.17. The Morgan fingerprint density at radius 2 is 2.23 bits per heavy atom. The molecule has 1 aromatic carbocycles. The van der Waals surface area contributed by atoms with Crippen molar-refractivity contribution in [3.63, 3.8) is 0 Å². The van der Waals surface area contributed by atoms with Crippen LogP contribution in [-0.4, -0.2) is 11.7 Å². The predicted molar refractivity (Wildman–Crippen MR) is 52.0 cm³/mol. The highest BCUT2D eigenvalue weighted by molar-refractivity contribution is 5.30. The summed E-state index contributed by atoms with van der Waals surface area (Å²) in [5.41, 5.74) is 0. The Balaban J connectivity index is 2.28. The molecule has 1 radical (unpaired) electrons. The number of phenolic OH excluding ortho intramolecular Hbond substituents is 1. The lowest BCUT2D eigenvalue weighted by atomic mass is 10.3. The molecule has 2 nitrogen and oxygen atoms in total. The molecule has 0 heterocycles. The van der Waals surface area contributed by atoms with Crippen molar-refractivity contribution in [3.8, 4) is 11.5 Å². The lowest BCUT2D eigenvalue weighted by molar-refractivity contribution is 0.304. The van der Waals surface area contributed by atoms with Crippen LogP contribution in [0.25, 0.3) is 0 Å². The molecule has 71 valence electrons. The Kier molecular flexibility index (Phi) is 4.16. The van der Waals surface area contributed by atoms with Gasteiger partial charge in [-0.25, -0.2) is 0 Å². The van der Waals surface area contributed by atoms with Crippen LogP contribution in [0.1, 0.15) is 26.2 Å². The van der Waals surface area contributed by atoms with Crippen LogP contribution in [0, 0.1) is 6.07 Å². The number of hydrogen-bond donors (Lipinski definition) is 1. The van der Waals surface area contributed by atoms with E-state index in [0.29, 0.717) is 12.4 Å². The zero-order valence-corrected chi connectivity index (χ0v) is 7.92. The van der Waals surface area contributed by atoms with Crippen LogP contribution in [-0.2, 0) is 0 Å². The normalized spacial score (nSPS) is 9.92. The van der Waals surface area contributed by atoms with E-state index >= 15 is 0 Å². The molecule has 0 unspecified atom stereocenters. The maximum Gasteiger partial charge on any atom is 0.123 e. The molecule has 0 saturated heterocycles. The minimum atomic E-state index is 0.202. The molecule has 1 rings (SSSR count). The first kappa shape index (κ1) is 9.90. The zero-order chi connectivity index (χ0) is 9.52. The highest BCUT2D eigenvalue weighted by Gasteiger charge is 1.94. The average molecular weight is 179 g/mol. The summed E-state index contributed by atoms with van der Waals surface area (Å²) >= 11 is 0. The molecule has 0 fully saturated rings. The van der Waals surface area contributed by atoms with Gasteiger partial charge in [-0.15, -0.1) is 0 Å². The number of benzene rings is 1. The second kappa shape index (κ2) is 5.46. The maximum atomic E-state index is 9.10. The summed E-state index contributed by atoms with van der Waals surface area (Å²) in [7, 11) is 0. The Morgan fingerprint density at radius 1 is 1.38 bits per heavy atom. The maximum absolute atomic E-state index is 9.10. The fraction of sp³-hybridized carbons (Fsp3) is 0.455. The molecular weight excluding hydrogens is 164 g/mol. The van der Waals surface area contributed by atoms with Crippen molar-refractivity contribution in [2.75, 3.05) is 6.61 Å². The monoisotopic (exact) mass is 179 g/mol. The first-order valence-electron chi connectivity index (χ1n) is 4.66. The largest absolute Gasteiger partial charge is 0.508 e. The van der Waals surface area contributed by atoms with Gasteiger partial charge in [0.05, 0.1) is 6.61 Å². The second-order valence-electron chi connectivity index (χ2n) is 2.98. The molecule has 0 aliphatic carbocycles. The van der Waals surface area contributed by atoms with E-state index in [0.717, 1.165) is 6.42 Å². The van der Waals surface area contributed by atoms with Crippen molar-refractivity contribution >= 4 is 0 Å². The first-order valence-corrected chi connectivity index (χ1v) is 4.66. The van der Waals surface area contributed by atoms with Crippen LogP contribution in [0.15, 0.2) is 18.2 Å². The molecular formula is C11H15O2. The molecule has 0 amide bonds. The van der Waals surface area contributed by atoms with Crippen LogP contribution in [0.5, 0.6) is 11.5 Å². The predicted octanol–water partition coefficient (Wildman–Crippen LogP) is 2.76. The third-order valence-electron chi connectivity index (χ3n) is 1.76. The van der Waals surface area contributed by atoms with Gasteiger partial charge in [0.15, 0.2) is 0 Å². The van der Waals surface area contributed by atoms with Crippen molar-refractivity contribution in [1.82, 2.24) is 0 Å². The molecule has 1 aromatic rings. The standard InChI is InChI=1S/C11H15O2/c1-2-3-4-8-13-11-7-5-6-10(12)9-11/h6-7,9,12H,2-4,8H2,1H3. The van der Waals surface area contributed by atoms with Crippen molar-refractivity contribution in [2.45, 2.75) is 26.2 Å². The summed E-state index contributed by atoms with van der Waals surface area (Å²) in [5.74, 6) is 0.893. The molecule has 0 aromatic heterocycles. The molecule has 0 aliphatic rings. The van der Waals surface area contributed by atoms with E-state index in [9.17, 15) is 0 Å². The number of hydrogen-bond acceptors (Lipinski definition) is 2. The van der Waals surface area contributed by atoms with Gasteiger partial charge >= 0.3 is 0 Å². The zero-order valence-electron chi connectivity index (χ0n) is 7.92. The van der Waals surface area contributed by atoms with Gasteiger partial charge in [-0.3, -0.25) is 0 Å². The topological polar surface area (TPSA) is 29.5 Å². The Morgan fingerprint density at radius 3 is 2.92 bits per heavy atom. The summed E-state index contributed by atoms with van der Waals surface area (Å²) < 4.78 is 5.40. The lowest BCUT2D eigenvalue weighted by Crippen LogP contribution is -1.96. The number of rotatable bonds is 5. The van der Waals surface area contributed by atoms with E-state index in [2.05, 4.69) is 13.0 Å². The van der Waals surface area contributed by atoms with Gasteiger partial charge in [0, 0.05) is 6.07 Å². The van der Waals surface area contributed by atoms with Gasteiger partial charge in [-0.05, 0) is 24.6 Å². The molecule has 0 saturated carbocycles. The van der Waals surface area contributed by atoms with Gasteiger partial charge in [0.1, 0.15) is 11.5 Å². The van der Waals surface area contributed by atoms with Crippen LogP contribution in [0.2, 0.25) is 0 Å². The summed E-state index contributed by atoms with van der Waals surface area (Å²) in [6, 6.07) is 7.64. The molecule has 0 atom stereocenters. The Hall–Kier alpha value is -1.18. The van der Waals surface area contributed by atoms with Gasteiger partial charge < -0.3 is 9.84 Å². The SMILES string of the molecule is CCCCCOc1c[c]cc(O)c1. The van der Waals surface area contributed by atoms with Crippen LogP contribution in [0.3, 0.4) is 0 Å². The summed E-state index contributed by atoms with van der Waals surface area (Å²) in [6.07, 6.45) is 3.43. The van der Waals surface area contributed by atoms with E-state index in [1.54, 1.807) is 12.1 Å². The van der Waals surface area contributed by atoms with E-state index in [4.69, 9.17) is 9.84 Å². The van der Waals surface area contributed by atoms with Crippen LogP contribution in [0.4, 0.5) is 0 Å². The van der Waals surface area contributed by atoms with E-state index in [1.807, 2.05) is 0 Å². The quantitative estimate of drug-likeness (QED) is 0.704. The Labute approximate surface area is 79.2 Å². The minimum absolute atomic E-state index is 0.202. The molecule has 13 heavy (non-hydrogen) atoms. The number of unbranched alkanes of at least 4 members (excludes halogenated alkanes) is 2. The number of phenols is 1. The van der Waals surface area contributed by atoms with E-state index in [-0.39, 0.29) is 5.75 Å². The fourth-order valence-electron chi connectivity index (χ4n) is 1.06. The van der Waals surface area contributed by atoms with Gasteiger partial charge in [-0.2, -0.15) is 0 Å². The summed E-state index contributed by atoms with van der Waals surface area (Å²) in [6.45, 7) is 2.87. The van der Waals surface area contributed by atoms with E-state index in [1.165, 1.54) is 18.9 Å². The lowest BCUT2D eigenvalue weighted by Gasteiger charge is -2.04. The van der Waals surface area contributed by atoms with Crippen molar-refractivity contribution < 1.29 is 9.84 Å². The van der Waals surface area contributed by atoms with Gasteiger partial charge in [0.25, 0.3) is 0 Å². The van der Waals surface area contributed by atoms with Crippen LogP contribution < -0.4 is 4.74 Å².